The van der Waals surface area contributed by atoms with Crippen LogP contribution in [0.2, 0.25) is 0 Å². The van der Waals surface area contributed by atoms with Crippen LogP contribution in [-0.4, -0.2) is 59.7 Å². The minimum atomic E-state index is -0.653. The molecule has 2 aromatic carbocycles. The van der Waals surface area contributed by atoms with Gasteiger partial charge in [-0.25, -0.2) is 9.59 Å². The lowest BCUT2D eigenvalue weighted by Crippen LogP contribution is -2.18. The number of methoxy groups -OCH3 is 3. The number of ether oxygens (including phenoxy) is 3. The Labute approximate surface area is 206 Å². The molecule has 10 nitrogen and oxygen atoms in total. The molecule has 0 saturated carbocycles. The van der Waals surface area contributed by atoms with Gasteiger partial charge in [0.15, 0.2) is 11.0 Å². The standard InChI is InChI=1S/C24H24N4O6S/c1-5-12-28-21(15-6-9-17(32-2)10-7-15)26-27-24(28)35-14-20(29)25-19-13-16(22(30)33-3)8-11-18(19)23(31)34-4/h5-11,13H,1,12,14H2,2-4H3,(H,25,29). The fraction of sp³-hybridized carbons (Fsp3) is 0.208. The van der Waals surface area contributed by atoms with Crippen molar-refractivity contribution >= 4 is 35.3 Å². The Morgan fingerprint density at radius 3 is 2.37 bits per heavy atom. The summed E-state index contributed by atoms with van der Waals surface area (Å²) in [5.41, 5.74) is 1.25. The van der Waals surface area contributed by atoms with E-state index in [-0.39, 0.29) is 22.6 Å². The van der Waals surface area contributed by atoms with Gasteiger partial charge in [0.05, 0.1) is 43.9 Å². The van der Waals surface area contributed by atoms with Crippen molar-refractivity contribution in [1.29, 1.82) is 0 Å². The van der Waals surface area contributed by atoms with Crippen molar-refractivity contribution in [2.75, 3.05) is 32.4 Å². The first-order chi connectivity index (χ1) is 16.9. The van der Waals surface area contributed by atoms with Gasteiger partial charge < -0.3 is 19.5 Å². The highest BCUT2D eigenvalue weighted by Gasteiger charge is 2.19. The van der Waals surface area contributed by atoms with Crippen molar-refractivity contribution in [3.05, 3.63) is 66.2 Å². The molecule has 0 aliphatic heterocycles. The maximum absolute atomic E-state index is 12.7. The van der Waals surface area contributed by atoms with Crippen LogP contribution in [0, 0.1) is 0 Å². The van der Waals surface area contributed by atoms with E-state index in [1.54, 1.807) is 13.2 Å². The fourth-order valence-electron chi connectivity index (χ4n) is 3.14. The predicted molar refractivity (Wildman–Crippen MR) is 131 cm³/mol. The van der Waals surface area contributed by atoms with Gasteiger partial charge in [-0.2, -0.15) is 0 Å². The number of rotatable bonds is 10. The van der Waals surface area contributed by atoms with E-state index in [0.29, 0.717) is 17.5 Å². The summed E-state index contributed by atoms with van der Waals surface area (Å²) in [6.07, 6.45) is 1.71. The third kappa shape index (κ3) is 6.07. The van der Waals surface area contributed by atoms with E-state index in [9.17, 15) is 14.4 Å². The molecular weight excluding hydrogens is 472 g/mol. The quantitative estimate of drug-likeness (QED) is 0.255. The molecule has 182 valence electrons. The van der Waals surface area contributed by atoms with Crippen molar-refractivity contribution in [3.8, 4) is 17.1 Å². The molecule has 0 saturated heterocycles. The zero-order valence-electron chi connectivity index (χ0n) is 19.4. The SMILES string of the molecule is C=CCn1c(SCC(=O)Nc2cc(C(=O)OC)ccc2C(=O)OC)nnc1-c1ccc(OC)cc1. The number of hydrogen-bond acceptors (Lipinski definition) is 9. The molecule has 3 aromatic rings. The Morgan fingerprint density at radius 1 is 1.03 bits per heavy atom. The molecule has 0 radical (unpaired) electrons. The summed E-state index contributed by atoms with van der Waals surface area (Å²) in [5, 5.41) is 11.7. The third-order valence-corrected chi connectivity index (χ3v) is 5.80. The zero-order chi connectivity index (χ0) is 25.4. The summed E-state index contributed by atoms with van der Waals surface area (Å²) in [4.78, 5) is 36.7. The summed E-state index contributed by atoms with van der Waals surface area (Å²) in [5.74, 6) is -0.358. The summed E-state index contributed by atoms with van der Waals surface area (Å²) in [6.45, 7) is 4.22. The zero-order valence-corrected chi connectivity index (χ0v) is 20.3. The summed E-state index contributed by atoms with van der Waals surface area (Å²) in [6, 6.07) is 11.6. The van der Waals surface area contributed by atoms with Crippen LogP contribution in [0.5, 0.6) is 5.75 Å². The normalized spacial score (nSPS) is 10.4. The molecule has 1 N–H and O–H groups in total. The summed E-state index contributed by atoms with van der Waals surface area (Å²) < 4.78 is 16.5. The molecule has 1 amide bonds. The number of nitrogens with one attached hydrogen (secondary N) is 1. The Hall–Kier alpha value is -4.12. The number of amides is 1. The maximum atomic E-state index is 12.7. The van der Waals surface area contributed by atoms with Crippen LogP contribution in [0.4, 0.5) is 5.69 Å². The lowest BCUT2D eigenvalue weighted by molar-refractivity contribution is -0.113. The Bertz CT molecular complexity index is 1240. The van der Waals surface area contributed by atoms with Gasteiger partial charge in [0.2, 0.25) is 5.91 Å². The average Bonchev–Trinajstić information content (AvgIpc) is 3.29. The minimum Gasteiger partial charge on any atom is -0.497 e. The van der Waals surface area contributed by atoms with Crippen molar-refractivity contribution in [2.45, 2.75) is 11.7 Å². The number of carbonyl (C=O) groups is 3. The van der Waals surface area contributed by atoms with E-state index in [4.69, 9.17) is 14.2 Å². The molecule has 0 aliphatic carbocycles. The van der Waals surface area contributed by atoms with Crippen LogP contribution in [0.25, 0.3) is 11.4 Å². The van der Waals surface area contributed by atoms with Gasteiger partial charge in [0.1, 0.15) is 5.75 Å². The Morgan fingerprint density at radius 2 is 1.74 bits per heavy atom. The van der Waals surface area contributed by atoms with Gasteiger partial charge in [0, 0.05) is 12.1 Å². The topological polar surface area (TPSA) is 122 Å². The number of nitrogens with zero attached hydrogens (tertiary/aromatic N) is 3. The second-order valence-corrected chi connectivity index (χ2v) is 7.96. The molecule has 11 heteroatoms. The highest BCUT2D eigenvalue weighted by atomic mass is 32.2. The number of benzene rings is 2. The second kappa shape index (κ2) is 11.8. The molecule has 0 spiro atoms. The molecule has 0 fully saturated rings. The number of aromatic nitrogens is 3. The lowest BCUT2D eigenvalue weighted by atomic mass is 10.1. The van der Waals surface area contributed by atoms with Crippen LogP contribution < -0.4 is 10.1 Å². The highest BCUT2D eigenvalue weighted by Crippen LogP contribution is 2.26. The first kappa shape index (κ1) is 25.5. The predicted octanol–water partition coefficient (Wildman–Crippen LogP) is 3.44. The third-order valence-electron chi connectivity index (χ3n) is 4.83. The van der Waals surface area contributed by atoms with Crippen LogP contribution in [-0.2, 0) is 20.8 Å². The van der Waals surface area contributed by atoms with Gasteiger partial charge in [-0.3, -0.25) is 9.36 Å². The number of carbonyl (C=O) groups excluding carboxylic acids is 3. The second-order valence-electron chi connectivity index (χ2n) is 7.01. The van der Waals surface area contributed by atoms with E-state index >= 15 is 0 Å². The fourth-order valence-corrected chi connectivity index (χ4v) is 3.89. The number of esters is 2. The van der Waals surface area contributed by atoms with Crippen LogP contribution in [0.1, 0.15) is 20.7 Å². The number of anilines is 1. The van der Waals surface area contributed by atoms with Gasteiger partial charge in [-0.15, -0.1) is 16.8 Å². The van der Waals surface area contributed by atoms with E-state index in [1.807, 2.05) is 28.8 Å². The monoisotopic (exact) mass is 496 g/mol. The Kier molecular flexibility index (Phi) is 8.63. The number of hydrogen-bond donors (Lipinski definition) is 1. The molecule has 3 rings (SSSR count). The largest absolute Gasteiger partial charge is 0.497 e. The van der Waals surface area contributed by atoms with Crippen molar-refractivity contribution in [2.24, 2.45) is 0 Å². The molecule has 0 aliphatic rings. The van der Waals surface area contributed by atoms with Crippen LogP contribution in [0.3, 0.4) is 0 Å². The lowest BCUT2D eigenvalue weighted by Gasteiger charge is -2.12. The van der Waals surface area contributed by atoms with Crippen molar-refractivity contribution in [3.63, 3.8) is 0 Å². The van der Waals surface area contributed by atoms with Crippen molar-refractivity contribution < 1.29 is 28.6 Å². The van der Waals surface area contributed by atoms with E-state index < -0.39 is 17.8 Å². The van der Waals surface area contributed by atoms with E-state index in [0.717, 1.165) is 11.3 Å². The van der Waals surface area contributed by atoms with Gasteiger partial charge >= 0.3 is 11.9 Å². The molecule has 0 atom stereocenters. The molecular formula is C24H24N4O6S. The number of thioether (sulfide) groups is 1. The first-order valence-electron chi connectivity index (χ1n) is 10.3. The molecule has 1 aromatic heterocycles. The smallest absolute Gasteiger partial charge is 0.339 e. The van der Waals surface area contributed by atoms with Gasteiger partial charge in [-0.05, 0) is 42.5 Å². The summed E-state index contributed by atoms with van der Waals surface area (Å²) >= 11 is 1.17. The molecule has 35 heavy (non-hydrogen) atoms. The van der Waals surface area contributed by atoms with Crippen LogP contribution >= 0.6 is 11.8 Å². The molecule has 1 heterocycles. The summed E-state index contributed by atoms with van der Waals surface area (Å²) in [7, 11) is 4.06. The van der Waals surface area contributed by atoms with E-state index in [1.165, 1.54) is 44.2 Å². The Balaban J connectivity index is 1.78. The number of allylic oxidation sites excluding steroid dienone is 1. The average molecular weight is 497 g/mol. The first-order valence-corrected chi connectivity index (χ1v) is 11.3. The van der Waals surface area contributed by atoms with E-state index in [2.05, 4.69) is 22.1 Å². The maximum Gasteiger partial charge on any atom is 0.339 e. The molecule has 0 bridgehead atoms. The highest BCUT2D eigenvalue weighted by molar-refractivity contribution is 7.99. The minimum absolute atomic E-state index is 0.0268. The molecule has 0 unspecified atom stereocenters. The van der Waals surface area contributed by atoms with Gasteiger partial charge in [-0.1, -0.05) is 17.8 Å². The van der Waals surface area contributed by atoms with Crippen molar-refractivity contribution in [1.82, 2.24) is 14.8 Å². The van der Waals surface area contributed by atoms with Gasteiger partial charge in [0.25, 0.3) is 0 Å². The van der Waals surface area contributed by atoms with Crippen LogP contribution in [0.15, 0.2) is 60.3 Å².